The van der Waals surface area contributed by atoms with E-state index < -0.39 is 10.0 Å². The quantitative estimate of drug-likeness (QED) is 0.321. The van der Waals surface area contributed by atoms with Gasteiger partial charge in [0.1, 0.15) is 11.6 Å². The third kappa shape index (κ3) is 10.5. The zero-order chi connectivity index (χ0) is 28.8. The molecule has 0 bridgehead atoms. The van der Waals surface area contributed by atoms with Crippen LogP contribution in [0.1, 0.15) is 52.9 Å². The summed E-state index contributed by atoms with van der Waals surface area (Å²) in [4.78, 5) is 2.40. The average Bonchev–Trinajstić information content (AvgIpc) is 2.94. The number of anilines is 1. The number of halogens is 1. The molecule has 0 heterocycles. The Kier molecular flexibility index (Phi) is 13.8. The Morgan fingerprint density at radius 1 is 1.00 bits per heavy atom. The molecule has 8 nitrogen and oxygen atoms in total. The SMILES string of the molecule is CCN(CCNCC1CCCCC1)c1ccc(F)cc1OC(C)C.CNS(=O)(=O)c1ccc(OC)c(OC)c1. The van der Waals surface area contributed by atoms with Crippen LogP contribution in [0.4, 0.5) is 10.1 Å². The first kappa shape index (κ1) is 32.7. The van der Waals surface area contributed by atoms with Crippen LogP contribution in [-0.2, 0) is 10.0 Å². The Morgan fingerprint density at radius 3 is 2.28 bits per heavy atom. The smallest absolute Gasteiger partial charge is 0.240 e. The van der Waals surface area contributed by atoms with Gasteiger partial charge in [0.2, 0.25) is 10.0 Å². The number of hydrogen-bond acceptors (Lipinski definition) is 7. The Morgan fingerprint density at radius 2 is 1.69 bits per heavy atom. The van der Waals surface area contributed by atoms with Crippen molar-refractivity contribution in [2.45, 2.75) is 63.9 Å². The van der Waals surface area contributed by atoms with Gasteiger partial charge in [-0.05, 0) is 77.4 Å². The maximum Gasteiger partial charge on any atom is 0.240 e. The highest BCUT2D eigenvalue weighted by Crippen LogP contribution is 2.30. The molecular formula is C29H46FN3O5S. The second kappa shape index (κ2) is 16.5. The van der Waals surface area contributed by atoms with E-state index in [4.69, 9.17) is 14.2 Å². The number of ether oxygens (including phenoxy) is 3. The lowest BCUT2D eigenvalue weighted by Gasteiger charge is -2.27. The van der Waals surface area contributed by atoms with Crippen LogP contribution in [-0.4, -0.2) is 62.0 Å². The number of rotatable bonds is 13. The molecule has 0 spiro atoms. The molecule has 1 saturated carbocycles. The van der Waals surface area contributed by atoms with Crippen molar-refractivity contribution in [1.82, 2.24) is 10.0 Å². The minimum atomic E-state index is -3.44. The van der Waals surface area contributed by atoms with Crippen LogP contribution in [0.15, 0.2) is 41.3 Å². The van der Waals surface area contributed by atoms with Crippen LogP contribution in [0.5, 0.6) is 17.2 Å². The van der Waals surface area contributed by atoms with E-state index >= 15 is 0 Å². The van der Waals surface area contributed by atoms with Crippen LogP contribution >= 0.6 is 0 Å². The molecule has 2 aromatic carbocycles. The minimum absolute atomic E-state index is 0.0358. The number of methoxy groups -OCH3 is 2. The average molecular weight is 568 g/mol. The fourth-order valence-electron chi connectivity index (χ4n) is 4.56. The topological polar surface area (TPSA) is 89.1 Å². The van der Waals surface area contributed by atoms with Gasteiger partial charge >= 0.3 is 0 Å². The van der Waals surface area contributed by atoms with E-state index in [1.54, 1.807) is 6.07 Å². The molecule has 0 saturated heterocycles. The number of sulfonamides is 1. The summed E-state index contributed by atoms with van der Waals surface area (Å²) < 4.78 is 54.5. The summed E-state index contributed by atoms with van der Waals surface area (Å²) in [5, 5.41) is 3.60. The highest BCUT2D eigenvalue weighted by Gasteiger charge is 2.16. The van der Waals surface area contributed by atoms with Gasteiger partial charge in [0, 0.05) is 31.8 Å². The molecule has 0 aromatic heterocycles. The van der Waals surface area contributed by atoms with Gasteiger partial charge in [-0.2, -0.15) is 0 Å². The van der Waals surface area contributed by atoms with Crippen LogP contribution in [0.2, 0.25) is 0 Å². The first-order chi connectivity index (χ1) is 18.6. The Labute approximate surface area is 234 Å². The molecule has 0 atom stereocenters. The van der Waals surface area contributed by atoms with Gasteiger partial charge in [-0.3, -0.25) is 0 Å². The molecular weight excluding hydrogens is 521 g/mol. The summed E-state index contributed by atoms with van der Waals surface area (Å²) in [7, 11) is 0.854. The van der Waals surface area contributed by atoms with Gasteiger partial charge in [0.15, 0.2) is 11.5 Å². The zero-order valence-corrected chi connectivity index (χ0v) is 25.1. The van der Waals surface area contributed by atoms with E-state index in [9.17, 15) is 12.8 Å². The first-order valence-electron chi connectivity index (χ1n) is 13.7. The van der Waals surface area contributed by atoms with Gasteiger partial charge in [0.25, 0.3) is 0 Å². The summed E-state index contributed by atoms with van der Waals surface area (Å²) in [6.07, 6.45) is 6.96. The lowest BCUT2D eigenvalue weighted by Crippen LogP contribution is -2.34. The van der Waals surface area contributed by atoms with Crippen LogP contribution < -0.4 is 29.1 Å². The van der Waals surface area contributed by atoms with E-state index in [1.165, 1.54) is 77.6 Å². The second-order valence-electron chi connectivity index (χ2n) is 9.79. The van der Waals surface area contributed by atoms with Crippen LogP contribution in [0, 0.1) is 11.7 Å². The number of nitrogens with one attached hydrogen (secondary N) is 2. The van der Waals surface area contributed by atoms with E-state index in [0.717, 1.165) is 37.8 Å². The number of nitrogens with zero attached hydrogens (tertiary/aromatic N) is 1. The molecule has 10 heteroatoms. The lowest BCUT2D eigenvalue weighted by molar-refractivity contribution is 0.242. The predicted octanol–water partition coefficient (Wildman–Crippen LogP) is 5.22. The summed E-state index contributed by atoms with van der Waals surface area (Å²) in [6, 6.07) is 9.24. The van der Waals surface area contributed by atoms with E-state index in [2.05, 4.69) is 21.9 Å². The lowest BCUT2D eigenvalue weighted by atomic mass is 9.89. The van der Waals surface area contributed by atoms with Crippen molar-refractivity contribution in [3.05, 3.63) is 42.2 Å². The monoisotopic (exact) mass is 567 g/mol. The molecule has 0 amide bonds. The fraction of sp³-hybridized carbons (Fsp3) is 0.586. The van der Waals surface area contributed by atoms with E-state index in [0.29, 0.717) is 17.2 Å². The van der Waals surface area contributed by atoms with Crippen molar-refractivity contribution in [2.75, 3.05) is 52.3 Å². The summed E-state index contributed by atoms with van der Waals surface area (Å²) in [5.74, 6) is 2.11. The summed E-state index contributed by atoms with van der Waals surface area (Å²) >= 11 is 0. The number of benzene rings is 2. The molecule has 1 aliphatic carbocycles. The predicted molar refractivity (Wildman–Crippen MR) is 155 cm³/mol. The Bertz CT molecular complexity index is 1110. The normalized spacial score (nSPS) is 13.9. The molecule has 2 N–H and O–H groups in total. The van der Waals surface area contributed by atoms with Gasteiger partial charge < -0.3 is 24.4 Å². The second-order valence-corrected chi connectivity index (χ2v) is 11.7. The van der Waals surface area contributed by atoms with Crippen molar-refractivity contribution in [2.24, 2.45) is 5.92 Å². The van der Waals surface area contributed by atoms with E-state index in [1.807, 2.05) is 19.9 Å². The minimum Gasteiger partial charge on any atom is -0.493 e. The number of likely N-dealkylation sites (N-methyl/N-ethyl adjacent to an activating group) is 1. The van der Waals surface area contributed by atoms with Gasteiger partial charge in [0.05, 0.1) is 30.9 Å². The standard InChI is InChI=1S/C20H33FN2O.C9H13NO4S/c1-4-23(13-12-22-15-17-8-6-5-7-9-17)19-11-10-18(21)14-20(19)24-16(2)3;1-10-15(11,12)7-4-5-8(13-2)9(6-7)14-3/h10-11,14,16-17,22H,4-9,12-13,15H2,1-3H3;4-6,10H,1-3H3. The summed E-state index contributed by atoms with van der Waals surface area (Å²) in [5.41, 5.74) is 0.979. The third-order valence-electron chi connectivity index (χ3n) is 6.66. The summed E-state index contributed by atoms with van der Waals surface area (Å²) in [6.45, 7) is 9.92. The zero-order valence-electron chi connectivity index (χ0n) is 24.3. The first-order valence-corrected chi connectivity index (χ1v) is 15.2. The Balaban J connectivity index is 0.000000306. The molecule has 2 aromatic rings. The Hall–Kier alpha value is -2.56. The highest BCUT2D eigenvalue weighted by atomic mass is 32.2. The van der Waals surface area contributed by atoms with Crippen molar-refractivity contribution in [3.8, 4) is 17.2 Å². The molecule has 0 aliphatic heterocycles. The van der Waals surface area contributed by atoms with Crippen molar-refractivity contribution < 1.29 is 27.0 Å². The van der Waals surface area contributed by atoms with Crippen molar-refractivity contribution >= 4 is 15.7 Å². The van der Waals surface area contributed by atoms with E-state index in [-0.39, 0.29) is 16.8 Å². The molecule has 0 radical (unpaired) electrons. The fourth-order valence-corrected chi connectivity index (χ4v) is 5.30. The molecule has 1 aliphatic rings. The molecule has 39 heavy (non-hydrogen) atoms. The van der Waals surface area contributed by atoms with Crippen molar-refractivity contribution in [3.63, 3.8) is 0 Å². The third-order valence-corrected chi connectivity index (χ3v) is 8.07. The maximum atomic E-state index is 13.6. The maximum absolute atomic E-state index is 13.6. The van der Waals surface area contributed by atoms with Gasteiger partial charge in [-0.15, -0.1) is 0 Å². The molecule has 0 unspecified atom stereocenters. The van der Waals surface area contributed by atoms with Crippen LogP contribution in [0.3, 0.4) is 0 Å². The highest BCUT2D eigenvalue weighted by molar-refractivity contribution is 7.89. The van der Waals surface area contributed by atoms with Crippen molar-refractivity contribution in [1.29, 1.82) is 0 Å². The van der Waals surface area contributed by atoms with Gasteiger partial charge in [-0.1, -0.05) is 19.3 Å². The van der Waals surface area contributed by atoms with Gasteiger partial charge in [-0.25, -0.2) is 17.5 Å². The molecule has 1 fully saturated rings. The molecule has 220 valence electrons. The van der Waals surface area contributed by atoms with Crippen LogP contribution in [0.25, 0.3) is 0 Å². The molecule has 3 rings (SSSR count). The largest absolute Gasteiger partial charge is 0.493 e. The number of hydrogen-bond donors (Lipinski definition) is 2.